The van der Waals surface area contributed by atoms with Gasteiger partial charge in [-0.15, -0.1) is 0 Å². The van der Waals surface area contributed by atoms with Crippen molar-refractivity contribution in [3.05, 3.63) is 29.3 Å². The van der Waals surface area contributed by atoms with E-state index in [1.807, 2.05) is 24.3 Å². The number of rotatable bonds is 5. The van der Waals surface area contributed by atoms with Gasteiger partial charge in [-0.05, 0) is 31.0 Å². The zero-order valence-electron chi connectivity index (χ0n) is 9.42. The van der Waals surface area contributed by atoms with Gasteiger partial charge in [0, 0.05) is 17.3 Å². The van der Waals surface area contributed by atoms with Crippen molar-refractivity contribution in [2.75, 3.05) is 18.5 Å². The third-order valence-corrected chi connectivity index (χ3v) is 3.15. The molecule has 0 atom stereocenters. The first-order valence-electron chi connectivity index (χ1n) is 5.95. The monoisotopic (exact) mass is 239 g/mol. The Morgan fingerprint density at radius 3 is 2.88 bits per heavy atom. The van der Waals surface area contributed by atoms with Crippen molar-refractivity contribution in [3.8, 4) is 0 Å². The normalized spacial score (nSPS) is 16.6. The molecule has 1 N–H and O–H groups in total. The molecule has 0 aromatic heterocycles. The van der Waals surface area contributed by atoms with Gasteiger partial charge in [0.2, 0.25) is 0 Å². The van der Waals surface area contributed by atoms with Crippen LogP contribution in [0.3, 0.4) is 0 Å². The van der Waals surface area contributed by atoms with Crippen LogP contribution in [0.1, 0.15) is 25.7 Å². The van der Waals surface area contributed by atoms with Crippen LogP contribution in [0.4, 0.5) is 5.69 Å². The van der Waals surface area contributed by atoms with E-state index >= 15 is 0 Å². The molecule has 1 aliphatic carbocycles. The van der Waals surface area contributed by atoms with Crippen LogP contribution in [0.15, 0.2) is 24.3 Å². The van der Waals surface area contributed by atoms with E-state index in [9.17, 15) is 0 Å². The summed E-state index contributed by atoms with van der Waals surface area (Å²) in [6.07, 6.45) is 5.62. The molecule has 1 aromatic carbocycles. The summed E-state index contributed by atoms with van der Waals surface area (Å²) in [6, 6.07) is 7.77. The van der Waals surface area contributed by atoms with Gasteiger partial charge in [-0.25, -0.2) is 0 Å². The lowest BCUT2D eigenvalue weighted by Crippen LogP contribution is -2.15. The highest BCUT2D eigenvalue weighted by Crippen LogP contribution is 2.20. The number of anilines is 1. The number of nitrogens with one attached hydrogen (secondary N) is 1. The number of benzene rings is 1. The van der Waals surface area contributed by atoms with Gasteiger partial charge in [0.1, 0.15) is 0 Å². The van der Waals surface area contributed by atoms with Crippen LogP contribution in [0.25, 0.3) is 0 Å². The van der Waals surface area contributed by atoms with Gasteiger partial charge in [-0.2, -0.15) is 0 Å². The largest absolute Gasteiger partial charge is 0.383 e. The lowest BCUT2D eigenvalue weighted by molar-refractivity contribution is 0.0659. The van der Waals surface area contributed by atoms with Crippen molar-refractivity contribution in [3.63, 3.8) is 0 Å². The number of hydrogen-bond donors (Lipinski definition) is 1. The minimum atomic E-state index is 0.501. The van der Waals surface area contributed by atoms with Gasteiger partial charge in [-0.3, -0.25) is 0 Å². The molecule has 1 fully saturated rings. The molecular weight excluding hydrogens is 222 g/mol. The quantitative estimate of drug-likeness (QED) is 0.791. The molecule has 0 aliphatic heterocycles. The first kappa shape index (κ1) is 11.7. The molecule has 1 aromatic rings. The Labute approximate surface area is 102 Å². The summed E-state index contributed by atoms with van der Waals surface area (Å²) in [5.41, 5.74) is 1.06. The summed E-state index contributed by atoms with van der Waals surface area (Å²) in [5, 5.41) is 4.07. The minimum absolute atomic E-state index is 0.501. The fraction of sp³-hybridized carbons (Fsp3) is 0.538. The van der Waals surface area contributed by atoms with Crippen LogP contribution in [0.5, 0.6) is 0 Å². The van der Waals surface area contributed by atoms with Crippen molar-refractivity contribution in [1.29, 1.82) is 0 Å². The summed E-state index contributed by atoms with van der Waals surface area (Å²) >= 11 is 5.89. The predicted molar refractivity (Wildman–Crippen MR) is 68.1 cm³/mol. The number of ether oxygens (including phenoxy) is 1. The van der Waals surface area contributed by atoms with Crippen LogP contribution < -0.4 is 5.32 Å². The first-order valence-corrected chi connectivity index (χ1v) is 6.33. The summed E-state index contributed by atoms with van der Waals surface area (Å²) in [7, 11) is 0. The lowest BCUT2D eigenvalue weighted by Gasteiger charge is -2.12. The Morgan fingerprint density at radius 1 is 1.31 bits per heavy atom. The summed E-state index contributed by atoms with van der Waals surface area (Å²) in [6.45, 7) is 1.62. The summed E-state index contributed by atoms with van der Waals surface area (Å²) in [5.74, 6) is 0. The van der Waals surface area contributed by atoms with Crippen LogP contribution in [-0.2, 0) is 4.74 Å². The van der Waals surface area contributed by atoms with Gasteiger partial charge < -0.3 is 10.1 Å². The average Bonchev–Trinajstić information content (AvgIpc) is 2.77. The molecule has 2 nitrogen and oxygen atoms in total. The van der Waals surface area contributed by atoms with Gasteiger partial charge >= 0.3 is 0 Å². The van der Waals surface area contributed by atoms with Crippen molar-refractivity contribution in [1.82, 2.24) is 0 Å². The summed E-state index contributed by atoms with van der Waals surface area (Å²) in [4.78, 5) is 0. The van der Waals surface area contributed by atoms with Crippen molar-refractivity contribution in [2.24, 2.45) is 0 Å². The van der Waals surface area contributed by atoms with E-state index in [1.54, 1.807) is 0 Å². The van der Waals surface area contributed by atoms with Crippen molar-refractivity contribution in [2.45, 2.75) is 31.8 Å². The van der Waals surface area contributed by atoms with Gasteiger partial charge in [0.05, 0.1) is 12.7 Å². The third-order valence-electron chi connectivity index (χ3n) is 2.91. The summed E-state index contributed by atoms with van der Waals surface area (Å²) < 4.78 is 5.76. The van der Waals surface area contributed by atoms with Crippen LogP contribution in [0.2, 0.25) is 5.02 Å². The second-order valence-electron chi connectivity index (χ2n) is 4.21. The van der Waals surface area contributed by atoms with Crippen molar-refractivity contribution >= 4 is 17.3 Å². The molecule has 0 radical (unpaired) electrons. The standard InChI is InChI=1S/C13H18ClNO/c14-11-4-3-5-12(10-11)15-8-9-16-13-6-1-2-7-13/h3-5,10,13,15H,1-2,6-9H2. The minimum Gasteiger partial charge on any atom is -0.383 e. The van der Waals surface area contributed by atoms with E-state index in [-0.39, 0.29) is 0 Å². The predicted octanol–water partition coefficient (Wildman–Crippen LogP) is 3.71. The van der Waals surface area contributed by atoms with Crippen LogP contribution in [-0.4, -0.2) is 19.3 Å². The zero-order valence-corrected chi connectivity index (χ0v) is 10.2. The highest BCUT2D eigenvalue weighted by molar-refractivity contribution is 6.30. The molecule has 0 bridgehead atoms. The highest BCUT2D eigenvalue weighted by atomic mass is 35.5. The molecule has 0 spiro atoms. The zero-order chi connectivity index (χ0) is 11.2. The average molecular weight is 240 g/mol. The van der Waals surface area contributed by atoms with Crippen LogP contribution >= 0.6 is 11.6 Å². The topological polar surface area (TPSA) is 21.3 Å². The number of hydrogen-bond acceptors (Lipinski definition) is 2. The Hall–Kier alpha value is -0.730. The van der Waals surface area contributed by atoms with E-state index in [1.165, 1.54) is 25.7 Å². The van der Waals surface area contributed by atoms with E-state index < -0.39 is 0 Å². The molecule has 2 rings (SSSR count). The third kappa shape index (κ3) is 3.69. The second kappa shape index (κ2) is 6.12. The Morgan fingerprint density at radius 2 is 2.12 bits per heavy atom. The Bertz CT molecular complexity index is 323. The molecule has 0 amide bonds. The lowest BCUT2D eigenvalue weighted by atomic mass is 10.3. The van der Waals surface area contributed by atoms with E-state index in [4.69, 9.17) is 16.3 Å². The maximum absolute atomic E-state index is 5.89. The molecule has 3 heteroatoms. The van der Waals surface area contributed by atoms with Crippen molar-refractivity contribution < 1.29 is 4.74 Å². The smallest absolute Gasteiger partial charge is 0.0642 e. The Kier molecular flexibility index (Phi) is 4.49. The second-order valence-corrected chi connectivity index (χ2v) is 4.65. The maximum atomic E-state index is 5.89. The van der Waals surface area contributed by atoms with Gasteiger partial charge in [0.25, 0.3) is 0 Å². The number of halogens is 1. The van der Waals surface area contributed by atoms with E-state index in [0.29, 0.717) is 6.10 Å². The van der Waals surface area contributed by atoms with Crippen LogP contribution in [0, 0.1) is 0 Å². The molecular formula is C13H18ClNO. The molecule has 0 unspecified atom stereocenters. The molecule has 1 aliphatic rings. The maximum Gasteiger partial charge on any atom is 0.0642 e. The van der Waals surface area contributed by atoms with E-state index in [2.05, 4.69) is 5.32 Å². The van der Waals surface area contributed by atoms with E-state index in [0.717, 1.165) is 23.9 Å². The molecule has 88 valence electrons. The van der Waals surface area contributed by atoms with Gasteiger partial charge in [0.15, 0.2) is 0 Å². The molecule has 0 saturated heterocycles. The molecule has 16 heavy (non-hydrogen) atoms. The fourth-order valence-corrected chi connectivity index (χ4v) is 2.26. The molecule has 0 heterocycles. The highest BCUT2D eigenvalue weighted by Gasteiger charge is 2.14. The molecule has 1 saturated carbocycles. The van der Waals surface area contributed by atoms with Gasteiger partial charge in [-0.1, -0.05) is 30.5 Å². The Balaban J connectivity index is 1.64. The SMILES string of the molecule is Clc1cccc(NCCOC2CCCC2)c1. The fourth-order valence-electron chi connectivity index (χ4n) is 2.07. The first-order chi connectivity index (χ1) is 7.84.